The average Bonchev–Trinajstić information content (AvgIpc) is 3.36. The minimum atomic E-state index is 1.05. The Morgan fingerprint density at radius 1 is 0.425 bits per heavy atom. The van der Waals surface area contributed by atoms with Gasteiger partial charge in [0.15, 0.2) is 0 Å². The van der Waals surface area contributed by atoms with Crippen molar-refractivity contribution in [2.45, 2.75) is 12.8 Å². The standard InChI is InChI=1S/C40H26/c1-3-13-26(14-4-1)35-37-30-21-9-7-19-28(30)29-20-8-10-22-31(29)38(37)36(27-15-5-2-6-16-27)40-33-24-12-18-25-17-11-23-32(34(25)33)39(35)40/h1-5,7-15,17-24H,6,16H2. The Morgan fingerprint density at radius 3 is 1.62 bits per heavy atom. The number of fused-ring (bicyclic) bond motifs is 9. The molecule has 0 saturated heterocycles. The fraction of sp³-hybridized carbons (Fsp3) is 0.0500. The highest BCUT2D eigenvalue weighted by Gasteiger charge is 2.32. The second kappa shape index (κ2) is 8.28. The van der Waals surface area contributed by atoms with Crippen LogP contribution in [-0.2, 0) is 0 Å². The summed E-state index contributed by atoms with van der Waals surface area (Å²) in [5, 5.41) is 10.8. The molecule has 186 valence electrons. The van der Waals surface area contributed by atoms with Crippen LogP contribution >= 0.6 is 0 Å². The summed E-state index contributed by atoms with van der Waals surface area (Å²) in [6, 6.07) is 42.9. The van der Waals surface area contributed by atoms with Gasteiger partial charge in [-0.05, 0) is 100 Å². The monoisotopic (exact) mass is 506 g/mol. The Balaban J connectivity index is 1.66. The predicted octanol–water partition coefficient (Wildman–Crippen LogP) is 11.3. The third-order valence-electron chi connectivity index (χ3n) is 9.02. The zero-order valence-electron chi connectivity index (χ0n) is 22.1. The van der Waals surface area contributed by atoms with Crippen molar-refractivity contribution < 1.29 is 0 Å². The molecule has 2 aliphatic rings. The molecule has 2 aliphatic carbocycles. The van der Waals surface area contributed by atoms with Crippen LogP contribution in [0.3, 0.4) is 0 Å². The van der Waals surface area contributed by atoms with Gasteiger partial charge in [0.2, 0.25) is 0 Å². The van der Waals surface area contributed by atoms with Gasteiger partial charge in [0, 0.05) is 0 Å². The first-order chi connectivity index (χ1) is 19.9. The molecule has 0 heteroatoms. The molecule has 0 spiro atoms. The summed E-state index contributed by atoms with van der Waals surface area (Å²) in [4.78, 5) is 0. The summed E-state index contributed by atoms with van der Waals surface area (Å²) < 4.78 is 0. The van der Waals surface area contributed by atoms with Crippen molar-refractivity contribution in [1.82, 2.24) is 0 Å². The van der Waals surface area contributed by atoms with Crippen LogP contribution in [-0.4, -0.2) is 0 Å². The van der Waals surface area contributed by atoms with Crippen LogP contribution in [0.15, 0.2) is 133 Å². The van der Waals surface area contributed by atoms with Gasteiger partial charge < -0.3 is 0 Å². The van der Waals surface area contributed by atoms with Crippen LogP contribution in [0.25, 0.3) is 82.0 Å². The summed E-state index contributed by atoms with van der Waals surface area (Å²) in [7, 11) is 0. The highest BCUT2D eigenvalue weighted by atomic mass is 14.3. The van der Waals surface area contributed by atoms with Crippen molar-refractivity contribution in [2.75, 3.05) is 0 Å². The smallest absolute Gasteiger partial charge is 0.000730 e. The molecule has 9 rings (SSSR count). The number of benzene rings is 7. The minimum Gasteiger partial charge on any atom is -0.0842 e. The lowest BCUT2D eigenvalue weighted by Crippen LogP contribution is -1.99. The van der Waals surface area contributed by atoms with Gasteiger partial charge in [0.05, 0.1) is 0 Å². The van der Waals surface area contributed by atoms with Crippen molar-refractivity contribution in [3.05, 3.63) is 139 Å². The first-order valence-electron chi connectivity index (χ1n) is 14.3. The molecule has 7 aromatic rings. The molecule has 0 heterocycles. The molecule has 0 radical (unpaired) electrons. The molecule has 0 N–H and O–H groups in total. The summed E-state index contributed by atoms with van der Waals surface area (Å²) in [5.74, 6) is 0. The molecular weight excluding hydrogens is 480 g/mol. The number of rotatable bonds is 2. The second-order valence-corrected chi connectivity index (χ2v) is 11.1. The summed E-state index contributed by atoms with van der Waals surface area (Å²) >= 11 is 0. The summed E-state index contributed by atoms with van der Waals surface area (Å²) in [5.41, 5.74) is 11.0. The molecular formula is C40H26. The molecule has 0 saturated carbocycles. The van der Waals surface area contributed by atoms with Crippen LogP contribution in [0, 0.1) is 0 Å². The van der Waals surface area contributed by atoms with E-state index in [1.165, 1.54) is 87.6 Å². The lowest BCUT2D eigenvalue weighted by atomic mass is 9.78. The van der Waals surface area contributed by atoms with E-state index in [9.17, 15) is 0 Å². The lowest BCUT2D eigenvalue weighted by Gasteiger charge is -2.25. The molecule has 40 heavy (non-hydrogen) atoms. The van der Waals surface area contributed by atoms with Gasteiger partial charge >= 0.3 is 0 Å². The van der Waals surface area contributed by atoms with E-state index in [-0.39, 0.29) is 0 Å². The predicted molar refractivity (Wildman–Crippen MR) is 173 cm³/mol. The molecule has 0 amide bonds. The third-order valence-corrected chi connectivity index (χ3v) is 9.02. The maximum atomic E-state index is 2.37. The summed E-state index contributed by atoms with van der Waals surface area (Å²) in [6.07, 6.45) is 9.05. The van der Waals surface area contributed by atoms with Crippen molar-refractivity contribution in [1.29, 1.82) is 0 Å². The molecule has 0 atom stereocenters. The highest BCUT2D eigenvalue weighted by Crippen LogP contribution is 2.58. The van der Waals surface area contributed by atoms with E-state index < -0.39 is 0 Å². The Hall–Kier alpha value is -4.94. The quantitative estimate of drug-likeness (QED) is 0.205. The molecule has 0 nitrogen and oxygen atoms in total. The van der Waals surface area contributed by atoms with Gasteiger partial charge in [-0.3, -0.25) is 0 Å². The van der Waals surface area contributed by atoms with E-state index in [4.69, 9.17) is 0 Å². The van der Waals surface area contributed by atoms with Crippen LogP contribution in [0.1, 0.15) is 18.4 Å². The van der Waals surface area contributed by atoms with Crippen molar-refractivity contribution in [3.8, 4) is 33.4 Å². The zero-order valence-corrected chi connectivity index (χ0v) is 22.1. The maximum Gasteiger partial charge on any atom is -0.000730 e. The second-order valence-electron chi connectivity index (χ2n) is 11.1. The largest absolute Gasteiger partial charge is 0.0842 e. The average molecular weight is 507 g/mol. The van der Waals surface area contributed by atoms with Crippen molar-refractivity contribution >= 4 is 48.7 Å². The first kappa shape index (κ1) is 21.9. The van der Waals surface area contributed by atoms with Crippen molar-refractivity contribution in [3.63, 3.8) is 0 Å². The van der Waals surface area contributed by atoms with E-state index in [2.05, 4.69) is 133 Å². The van der Waals surface area contributed by atoms with Gasteiger partial charge in [0.1, 0.15) is 0 Å². The molecule has 0 aliphatic heterocycles. The molecule has 0 fully saturated rings. The van der Waals surface area contributed by atoms with E-state index >= 15 is 0 Å². The fourth-order valence-corrected chi connectivity index (χ4v) is 7.48. The minimum absolute atomic E-state index is 1.05. The van der Waals surface area contributed by atoms with E-state index in [0.29, 0.717) is 0 Å². The number of allylic oxidation sites excluding steroid dienone is 4. The number of hydrogen-bond donors (Lipinski definition) is 0. The Labute approximate surface area is 233 Å². The van der Waals surface area contributed by atoms with Crippen LogP contribution in [0.2, 0.25) is 0 Å². The first-order valence-corrected chi connectivity index (χ1v) is 14.3. The van der Waals surface area contributed by atoms with E-state index in [0.717, 1.165) is 12.8 Å². The third kappa shape index (κ3) is 2.86. The van der Waals surface area contributed by atoms with Gasteiger partial charge in [-0.1, -0.05) is 133 Å². The zero-order chi connectivity index (χ0) is 26.2. The highest BCUT2D eigenvalue weighted by molar-refractivity contribution is 6.36. The van der Waals surface area contributed by atoms with Crippen LogP contribution < -0.4 is 0 Å². The Morgan fingerprint density at radius 2 is 1.00 bits per heavy atom. The molecule has 7 aromatic carbocycles. The van der Waals surface area contributed by atoms with Gasteiger partial charge in [-0.15, -0.1) is 0 Å². The lowest BCUT2D eigenvalue weighted by molar-refractivity contribution is 1.06. The van der Waals surface area contributed by atoms with Crippen LogP contribution in [0.4, 0.5) is 0 Å². The molecule has 0 aromatic heterocycles. The van der Waals surface area contributed by atoms with Crippen molar-refractivity contribution in [2.24, 2.45) is 0 Å². The van der Waals surface area contributed by atoms with Gasteiger partial charge in [-0.25, -0.2) is 0 Å². The summed E-state index contributed by atoms with van der Waals surface area (Å²) in [6.45, 7) is 0. The van der Waals surface area contributed by atoms with E-state index in [1.807, 2.05) is 0 Å². The topological polar surface area (TPSA) is 0 Å². The normalized spacial score (nSPS) is 13.8. The van der Waals surface area contributed by atoms with Gasteiger partial charge in [0.25, 0.3) is 0 Å². The molecule has 0 unspecified atom stereocenters. The molecule has 0 bridgehead atoms. The Kier molecular flexibility index (Phi) is 4.54. The SMILES string of the molecule is C1=CCCC(c2c3c(c(-c4ccccc4)c4c5ccccc5c5ccccc5c24)-c2cccc4cccc-3c24)=C1. The maximum absolute atomic E-state index is 2.37. The van der Waals surface area contributed by atoms with E-state index in [1.54, 1.807) is 0 Å². The van der Waals surface area contributed by atoms with Gasteiger partial charge in [-0.2, -0.15) is 0 Å². The van der Waals surface area contributed by atoms with Crippen LogP contribution in [0.5, 0.6) is 0 Å². The number of hydrogen-bond acceptors (Lipinski definition) is 0. The Bertz CT molecular complexity index is 2240. The fourth-order valence-electron chi connectivity index (χ4n) is 7.48.